The van der Waals surface area contributed by atoms with Gasteiger partial charge < -0.3 is 9.47 Å². The molecule has 4 nitrogen and oxygen atoms in total. The van der Waals surface area contributed by atoms with E-state index in [1.165, 1.54) is 0 Å². The molecule has 6 heteroatoms. The van der Waals surface area contributed by atoms with Gasteiger partial charge in [0, 0.05) is 19.7 Å². The van der Waals surface area contributed by atoms with Gasteiger partial charge in [-0.1, -0.05) is 15.9 Å². The van der Waals surface area contributed by atoms with E-state index in [0.717, 1.165) is 30.7 Å². The Labute approximate surface area is 146 Å². The van der Waals surface area contributed by atoms with Crippen molar-refractivity contribution in [2.75, 3.05) is 14.2 Å². The first kappa shape index (κ1) is 16.5. The molecule has 0 amide bonds. The summed E-state index contributed by atoms with van der Waals surface area (Å²) in [5.74, 6) is 7.26. The topological polar surface area (TPSA) is 56.5 Å². The van der Waals surface area contributed by atoms with Gasteiger partial charge in [0.15, 0.2) is 0 Å². The minimum atomic E-state index is -0.185. The molecule has 2 rings (SSSR count). The van der Waals surface area contributed by atoms with Gasteiger partial charge in [-0.3, -0.25) is 5.84 Å². The van der Waals surface area contributed by atoms with E-state index >= 15 is 0 Å². The monoisotopic (exact) mass is 462 g/mol. The van der Waals surface area contributed by atoms with Gasteiger partial charge in [-0.25, -0.2) is 5.43 Å². The van der Waals surface area contributed by atoms with Crippen LogP contribution in [0.25, 0.3) is 0 Å². The molecule has 0 aliphatic rings. The van der Waals surface area contributed by atoms with Crippen molar-refractivity contribution in [1.29, 1.82) is 0 Å². The van der Waals surface area contributed by atoms with Gasteiger partial charge >= 0.3 is 0 Å². The van der Waals surface area contributed by atoms with Crippen LogP contribution in [0.4, 0.5) is 0 Å². The van der Waals surface area contributed by atoms with Crippen molar-refractivity contribution >= 4 is 38.5 Å². The number of nitrogens with two attached hydrogens (primary N) is 1. The van der Waals surface area contributed by atoms with Gasteiger partial charge in [0.2, 0.25) is 0 Å². The van der Waals surface area contributed by atoms with E-state index in [1.54, 1.807) is 14.2 Å². The molecular weight excluding hydrogens is 447 g/mol. The number of ether oxygens (including phenoxy) is 2. The van der Waals surface area contributed by atoms with E-state index in [4.69, 9.17) is 15.3 Å². The van der Waals surface area contributed by atoms with Crippen LogP contribution in [-0.4, -0.2) is 14.2 Å². The van der Waals surface area contributed by atoms with E-state index in [1.807, 2.05) is 30.3 Å². The first-order valence-electron chi connectivity index (χ1n) is 6.23. The Bertz CT molecular complexity index is 637. The molecule has 2 aromatic rings. The molecule has 0 heterocycles. The largest absolute Gasteiger partial charge is 0.497 e. The van der Waals surface area contributed by atoms with Crippen LogP contribution in [0.15, 0.2) is 40.9 Å². The number of benzene rings is 2. The fourth-order valence-electron chi connectivity index (χ4n) is 2.14. The molecule has 3 N–H and O–H groups in total. The predicted octanol–water partition coefficient (Wildman–Crippen LogP) is 3.62. The van der Waals surface area contributed by atoms with Crippen LogP contribution in [0, 0.1) is 3.57 Å². The zero-order valence-corrected chi connectivity index (χ0v) is 15.4. The Kier molecular flexibility index (Phi) is 5.86. The molecule has 0 aliphatic carbocycles. The van der Waals surface area contributed by atoms with Crippen molar-refractivity contribution in [1.82, 2.24) is 5.43 Å². The maximum Gasteiger partial charge on any atom is 0.127 e. The van der Waals surface area contributed by atoms with Gasteiger partial charge in [-0.05, 0) is 58.5 Å². The number of halogens is 2. The summed E-state index contributed by atoms with van der Waals surface area (Å²) >= 11 is 5.86. The molecule has 0 saturated heterocycles. The van der Waals surface area contributed by atoms with E-state index in [9.17, 15) is 0 Å². The first-order valence-corrected chi connectivity index (χ1v) is 8.11. The summed E-state index contributed by atoms with van der Waals surface area (Å²) in [4.78, 5) is 0. The Hall–Kier alpha value is -0.830. The van der Waals surface area contributed by atoms with Crippen LogP contribution in [0.3, 0.4) is 0 Å². The van der Waals surface area contributed by atoms with Gasteiger partial charge in [-0.15, -0.1) is 0 Å². The Balaban J connectivity index is 2.53. The lowest BCUT2D eigenvalue weighted by Crippen LogP contribution is -2.29. The molecule has 0 saturated carbocycles. The summed E-state index contributed by atoms with van der Waals surface area (Å²) in [6.45, 7) is 0. The highest BCUT2D eigenvalue weighted by molar-refractivity contribution is 14.1. The third-order valence-corrected chi connectivity index (χ3v) is 4.58. The minimum Gasteiger partial charge on any atom is -0.497 e. The van der Waals surface area contributed by atoms with Crippen molar-refractivity contribution in [3.05, 3.63) is 55.6 Å². The van der Waals surface area contributed by atoms with E-state index in [0.29, 0.717) is 0 Å². The molecule has 112 valence electrons. The number of hydrogen-bond donors (Lipinski definition) is 2. The van der Waals surface area contributed by atoms with Crippen LogP contribution in [0.5, 0.6) is 11.5 Å². The number of nitrogens with one attached hydrogen (secondary N) is 1. The lowest BCUT2D eigenvalue weighted by atomic mass is 9.98. The fraction of sp³-hybridized carbons (Fsp3) is 0.200. The van der Waals surface area contributed by atoms with Crippen molar-refractivity contribution in [2.24, 2.45) is 5.84 Å². The maximum atomic E-state index is 5.79. The van der Waals surface area contributed by atoms with Gasteiger partial charge in [0.1, 0.15) is 11.5 Å². The minimum absolute atomic E-state index is 0.185. The number of rotatable bonds is 5. The molecule has 0 aliphatic heterocycles. The maximum absolute atomic E-state index is 5.79. The zero-order valence-electron chi connectivity index (χ0n) is 11.7. The van der Waals surface area contributed by atoms with Crippen molar-refractivity contribution in [3.63, 3.8) is 0 Å². The normalized spacial score (nSPS) is 12.0. The highest BCUT2D eigenvalue weighted by Gasteiger charge is 2.20. The SMILES string of the molecule is COc1ccc(C(NN)c2cc(I)ccc2Br)c(OC)c1. The second kappa shape index (κ2) is 7.44. The molecule has 0 fully saturated rings. The zero-order chi connectivity index (χ0) is 15.4. The quantitative estimate of drug-likeness (QED) is 0.404. The molecule has 0 bridgehead atoms. The average Bonchev–Trinajstić information content (AvgIpc) is 2.51. The van der Waals surface area contributed by atoms with Crippen LogP contribution >= 0.6 is 38.5 Å². The highest BCUT2D eigenvalue weighted by Crippen LogP contribution is 2.35. The summed E-state index contributed by atoms with van der Waals surface area (Å²) in [6, 6.07) is 11.6. The third-order valence-electron chi connectivity index (χ3n) is 3.19. The second-order valence-electron chi connectivity index (χ2n) is 4.37. The molecule has 0 aromatic heterocycles. The van der Waals surface area contributed by atoms with Crippen molar-refractivity contribution in [3.8, 4) is 11.5 Å². The molecule has 0 spiro atoms. The van der Waals surface area contributed by atoms with Crippen LogP contribution in [0.1, 0.15) is 17.2 Å². The Morgan fingerprint density at radius 1 is 1.10 bits per heavy atom. The van der Waals surface area contributed by atoms with Crippen molar-refractivity contribution < 1.29 is 9.47 Å². The number of hydrazine groups is 1. The smallest absolute Gasteiger partial charge is 0.127 e. The molecule has 1 unspecified atom stereocenters. The average molecular weight is 463 g/mol. The number of hydrogen-bond acceptors (Lipinski definition) is 4. The van der Waals surface area contributed by atoms with Crippen LogP contribution in [-0.2, 0) is 0 Å². The van der Waals surface area contributed by atoms with Crippen LogP contribution in [0.2, 0.25) is 0 Å². The number of methoxy groups -OCH3 is 2. The van der Waals surface area contributed by atoms with Gasteiger partial charge in [0.05, 0.1) is 20.3 Å². The summed E-state index contributed by atoms with van der Waals surface area (Å²) in [7, 11) is 3.26. The Morgan fingerprint density at radius 2 is 1.86 bits per heavy atom. The lowest BCUT2D eigenvalue weighted by Gasteiger charge is -2.21. The molecule has 1 atom stereocenters. The fourth-order valence-corrected chi connectivity index (χ4v) is 3.13. The second-order valence-corrected chi connectivity index (χ2v) is 6.47. The van der Waals surface area contributed by atoms with Crippen molar-refractivity contribution in [2.45, 2.75) is 6.04 Å². The summed E-state index contributed by atoms with van der Waals surface area (Å²) < 4.78 is 12.8. The Morgan fingerprint density at radius 3 is 2.48 bits per heavy atom. The third kappa shape index (κ3) is 3.68. The standard InChI is InChI=1S/C15H16BrIN2O2/c1-20-10-4-5-11(14(8-10)21-2)15(19-18)12-7-9(17)3-6-13(12)16/h3-8,15,19H,18H2,1-2H3. The van der Waals surface area contributed by atoms with Crippen LogP contribution < -0.4 is 20.7 Å². The summed E-state index contributed by atoms with van der Waals surface area (Å²) in [6.07, 6.45) is 0. The molecular formula is C15H16BrIN2O2. The highest BCUT2D eigenvalue weighted by atomic mass is 127. The van der Waals surface area contributed by atoms with E-state index < -0.39 is 0 Å². The molecule has 0 radical (unpaired) electrons. The molecule has 21 heavy (non-hydrogen) atoms. The predicted molar refractivity (Wildman–Crippen MR) is 95.6 cm³/mol. The van der Waals surface area contributed by atoms with E-state index in [-0.39, 0.29) is 6.04 Å². The summed E-state index contributed by atoms with van der Waals surface area (Å²) in [5, 5.41) is 0. The first-order chi connectivity index (χ1) is 10.1. The molecule has 2 aromatic carbocycles. The van der Waals surface area contributed by atoms with Gasteiger partial charge in [0.25, 0.3) is 0 Å². The summed E-state index contributed by atoms with van der Waals surface area (Å²) in [5.41, 5.74) is 4.86. The lowest BCUT2D eigenvalue weighted by molar-refractivity contribution is 0.387. The van der Waals surface area contributed by atoms with Gasteiger partial charge in [-0.2, -0.15) is 0 Å². The van der Waals surface area contributed by atoms with E-state index in [2.05, 4.69) is 50.0 Å².